The van der Waals surface area contributed by atoms with E-state index < -0.39 is 9.84 Å². The lowest BCUT2D eigenvalue weighted by atomic mass is 9.96. The Kier molecular flexibility index (Phi) is 5.68. The highest BCUT2D eigenvalue weighted by atomic mass is 32.2. The first-order valence-electron chi connectivity index (χ1n) is 8.76. The van der Waals surface area contributed by atoms with Crippen LogP contribution in [0.4, 0.5) is 5.95 Å². The largest absolute Gasteiger partial charge is 0.354 e. The lowest BCUT2D eigenvalue weighted by molar-refractivity contribution is 0.389. The summed E-state index contributed by atoms with van der Waals surface area (Å²) >= 11 is 0. The first-order chi connectivity index (χ1) is 11.5. The van der Waals surface area contributed by atoms with Crippen molar-refractivity contribution in [1.82, 2.24) is 20.6 Å². The molecule has 2 saturated heterocycles. The highest BCUT2D eigenvalue weighted by Gasteiger charge is 2.25. The molecule has 1 atom stereocenters. The Labute approximate surface area is 144 Å². The molecule has 0 aliphatic carbocycles. The predicted molar refractivity (Wildman–Crippen MR) is 94.1 cm³/mol. The molecule has 0 spiro atoms. The molecule has 2 fully saturated rings. The summed E-state index contributed by atoms with van der Waals surface area (Å²) in [5.74, 6) is 1.29. The van der Waals surface area contributed by atoms with Crippen LogP contribution in [0.25, 0.3) is 0 Å². The Morgan fingerprint density at radius 3 is 2.67 bits per heavy atom. The van der Waals surface area contributed by atoms with Crippen LogP contribution in [0.15, 0.2) is 11.1 Å². The standard InChI is InChI=1S/C16H27N5O2S/c1-24(22,23)14-11-20-16(19-9-12-4-7-17-8-5-12)21-15(14)13-3-2-6-18-10-13/h11-13,17-18H,2-10H2,1H3,(H,19,20,21). The van der Waals surface area contributed by atoms with Gasteiger partial charge in [-0.15, -0.1) is 0 Å². The summed E-state index contributed by atoms with van der Waals surface area (Å²) in [6, 6.07) is 0. The number of aromatic nitrogens is 2. The first kappa shape index (κ1) is 17.6. The zero-order valence-electron chi connectivity index (χ0n) is 14.2. The van der Waals surface area contributed by atoms with Gasteiger partial charge in [0.2, 0.25) is 5.95 Å². The van der Waals surface area contributed by atoms with Crippen molar-refractivity contribution in [3.8, 4) is 0 Å². The average molecular weight is 353 g/mol. The highest BCUT2D eigenvalue weighted by molar-refractivity contribution is 7.90. The second-order valence-corrected chi connectivity index (χ2v) is 8.82. The maximum absolute atomic E-state index is 12.1. The monoisotopic (exact) mass is 353 g/mol. The molecule has 7 nitrogen and oxygen atoms in total. The van der Waals surface area contributed by atoms with Crippen LogP contribution in [0, 0.1) is 5.92 Å². The molecule has 2 aliphatic heterocycles. The quantitative estimate of drug-likeness (QED) is 0.719. The van der Waals surface area contributed by atoms with Crippen LogP contribution in [-0.4, -0.2) is 57.4 Å². The SMILES string of the molecule is CS(=O)(=O)c1cnc(NCC2CCNCC2)nc1C1CCCNC1. The van der Waals surface area contributed by atoms with Gasteiger partial charge in [0.1, 0.15) is 4.90 Å². The van der Waals surface area contributed by atoms with Crippen LogP contribution in [0.3, 0.4) is 0 Å². The van der Waals surface area contributed by atoms with E-state index in [1.54, 1.807) is 0 Å². The lowest BCUT2D eigenvalue weighted by Crippen LogP contribution is -2.32. The third-order valence-electron chi connectivity index (χ3n) is 4.87. The molecule has 1 aromatic heterocycles. The second-order valence-electron chi connectivity index (χ2n) is 6.83. The summed E-state index contributed by atoms with van der Waals surface area (Å²) in [6.45, 7) is 4.70. The molecule has 3 rings (SSSR count). The number of sulfone groups is 1. The van der Waals surface area contributed by atoms with Gasteiger partial charge in [-0.3, -0.25) is 0 Å². The van der Waals surface area contributed by atoms with E-state index in [9.17, 15) is 8.42 Å². The molecule has 3 N–H and O–H groups in total. The van der Waals surface area contributed by atoms with Gasteiger partial charge in [-0.05, 0) is 51.2 Å². The van der Waals surface area contributed by atoms with Gasteiger partial charge in [-0.2, -0.15) is 0 Å². The van der Waals surface area contributed by atoms with Gasteiger partial charge in [0.25, 0.3) is 0 Å². The fourth-order valence-corrected chi connectivity index (χ4v) is 4.29. The molecule has 24 heavy (non-hydrogen) atoms. The van der Waals surface area contributed by atoms with Crippen molar-refractivity contribution < 1.29 is 8.42 Å². The zero-order chi connectivity index (χ0) is 17.0. The van der Waals surface area contributed by atoms with E-state index in [-0.39, 0.29) is 10.8 Å². The molecule has 1 aromatic rings. The maximum Gasteiger partial charge on any atom is 0.222 e. The molecule has 0 bridgehead atoms. The Balaban J connectivity index is 1.77. The van der Waals surface area contributed by atoms with Crippen LogP contribution >= 0.6 is 0 Å². The number of nitrogens with one attached hydrogen (secondary N) is 3. The molecule has 0 radical (unpaired) electrons. The third kappa shape index (κ3) is 4.43. The molecule has 2 aliphatic rings. The number of hydrogen-bond acceptors (Lipinski definition) is 7. The third-order valence-corrected chi connectivity index (χ3v) is 5.99. The summed E-state index contributed by atoms with van der Waals surface area (Å²) < 4.78 is 24.2. The number of hydrogen-bond donors (Lipinski definition) is 3. The molecule has 1 unspecified atom stereocenters. The molecular weight excluding hydrogens is 326 g/mol. The molecule has 3 heterocycles. The molecule has 0 aromatic carbocycles. The number of anilines is 1. The average Bonchev–Trinajstić information content (AvgIpc) is 2.60. The van der Waals surface area contributed by atoms with Gasteiger partial charge in [-0.25, -0.2) is 18.4 Å². The van der Waals surface area contributed by atoms with E-state index in [2.05, 4.69) is 25.9 Å². The number of piperidine rings is 2. The first-order valence-corrected chi connectivity index (χ1v) is 10.7. The Bertz CT molecular complexity index is 652. The van der Waals surface area contributed by atoms with Crippen LogP contribution < -0.4 is 16.0 Å². The smallest absolute Gasteiger partial charge is 0.222 e. The van der Waals surface area contributed by atoms with Crippen molar-refractivity contribution in [2.75, 3.05) is 44.3 Å². The normalized spacial score (nSPS) is 23.1. The van der Waals surface area contributed by atoms with Gasteiger partial charge in [0, 0.05) is 25.3 Å². The van der Waals surface area contributed by atoms with Crippen LogP contribution in [0.2, 0.25) is 0 Å². The van der Waals surface area contributed by atoms with E-state index in [1.807, 2.05) is 0 Å². The fraction of sp³-hybridized carbons (Fsp3) is 0.750. The molecule has 8 heteroatoms. The minimum Gasteiger partial charge on any atom is -0.354 e. The van der Waals surface area contributed by atoms with E-state index in [1.165, 1.54) is 12.5 Å². The number of rotatable bonds is 5. The van der Waals surface area contributed by atoms with Crippen molar-refractivity contribution in [2.24, 2.45) is 5.92 Å². The molecule has 0 saturated carbocycles. The topological polar surface area (TPSA) is 96.0 Å². The second kappa shape index (κ2) is 7.76. The van der Waals surface area contributed by atoms with Gasteiger partial charge in [0.15, 0.2) is 9.84 Å². The van der Waals surface area contributed by atoms with Crippen molar-refractivity contribution in [3.63, 3.8) is 0 Å². The summed E-state index contributed by atoms with van der Waals surface area (Å²) in [7, 11) is -3.32. The van der Waals surface area contributed by atoms with Crippen LogP contribution in [0.1, 0.15) is 37.3 Å². The van der Waals surface area contributed by atoms with Gasteiger partial charge < -0.3 is 16.0 Å². The van der Waals surface area contributed by atoms with Crippen molar-refractivity contribution in [3.05, 3.63) is 11.9 Å². The van der Waals surface area contributed by atoms with Crippen molar-refractivity contribution >= 4 is 15.8 Å². The summed E-state index contributed by atoms with van der Waals surface area (Å²) in [5.41, 5.74) is 0.660. The molecule has 0 amide bonds. The van der Waals surface area contributed by atoms with Crippen molar-refractivity contribution in [1.29, 1.82) is 0 Å². The summed E-state index contributed by atoms with van der Waals surface area (Å²) in [6.07, 6.45) is 6.99. The summed E-state index contributed by atoms with van der Waals surface area (Å²) in [5, 5.41) is 10.00. The maximum atomic E-state index is 12.1. The zero-order valence-corrected chi connectivity index (χ0v) is 15.0. The van der Waals surface area contributed by atoms with Crippen LogP contribution in [0.5, 0.6) is 0 Å². The minimum absolute atomic E-state index is 0.130. The minimum atomic E-state index is -3.32. The molecular formula is C16H27N5O2S. The van der Waals surface area contributed by atoms with Crippen molar-refractivity contribution in [2.45, 2.75) is 36.5 Å². The van der Waals surface area contributed by atoms with Gasteiger partial charge in [0.05, 0.1) is 11.9 Å². The Morgan fingerprint density at radius 1 is 1.21 bits per heavy atom. The van der Waals surface area contributed by atoms with E-state index in [4.69, 9.17) is 0 Å². The highest BCUT2D eigenvalue weighted by Crippen LogP contribution is 2.28. The van der Waals surface area contributed by atoms with Gasteiger partial charge in [-0.1, -0.05) is 0 Å². The van der Waals surface area contributed by atoms with Crippen LogP contribution in [-0.2, 0) is 9.84 Å². The Hall–Kier alpha value is -1.25. The van der Waals surface area contributed by atoms with Gasteiger partial charge >= 0.3 is 0 Å². The Morgan fingerprint density at radius 2 is 2.00 bits per heavy atom. The predicted octanol–water partition coefficient (Wildman–Crippen LogP) is 0.759. The van der Waals surface area contributed by atoms with E-state index in [0.29, 0.717) is 17.6 Å². The van der Waals surface area contributed by atoms with E-state index in [0.717, 1.165) is 58.4 Å². The molecule has 134 valence electrons. The number of nitrogens with zero attached hydrogens (tertiary/aromatic N) is 2. The van der Waals surface area contributed by atoms with E-state index >= 15 is 0 Å². The fourth-order valence-electron chi connectivity index (χ4n) is 3.45. The summed E-state index contributed by atoms with van der Waals surface area (Å²) in [4.78, 5) is 9.11. The lowest BCUT2D eigenvalue weighted by Gasteiger charge is -2.25.